The number of urea groups is 1. The van der Waals surface area contributed by atoms with Gasteiger partial charge in [-0.05, 0) is 24.3 Å². The van der Waals surface area contributed by atoms with Crippen molar-refractivity contribution in [1.82, 2.24) is 14.4 Å². The molecule has 166 valence electrons. The van der Waals surface area contributed by atoms with Gasteiger partial charge in [-0.3, -0.25) is 14.9 Å². The van der Waals surface area contributed by atoms with Crippen molar-refractivity contribution >= 4 is 23.3 Å². The number of hydrogen-bond donors (Lipinski definition) is 1. The standard InChI is InChI=1S/C21H27N5O5/c1-4-11-25(21(28)22-17-7-9-18(10-8-17)26(29)30)16-20(27)24(13-14-31-3)15-19-6-5-12-23(19)2/h4-10,12H,1,11,13-16H2,2-3H3,(H,22,28). The van der Waals surface area contributed by atoms with E-state index in [1.165, 1.54) is 35.2 Å². The van der Waals surface area contributed by atoms with Crippen molar-refractivity contribution in [3.05, 3.63) is 71.1 Å². The second kappa shape index (κ2) is 11.5. The molecule has 0 unspecified atom stereocenters. The maximum Gasteiger partial charge on any atom is 0.322 e. The van der Waals surface area contributed by atoms with E-state index >= 15 is 0 Å². The quantitative estimate of drug-likeness (QED) is 0.335. The lowest BCUT2D eigenvalue weighted by molar-refractivity contribution is -0.384. The normalized spacial score (nSPS) is 10.4. The highest BCUT2D eigenvalue weighted by atomic mass is 16.6. The monoisotopic (exact) mass is 429 g/mol. The number of rotatable bonds is 11. The summed E-state index contributed by atoms with van der Waals surface area (Å²) in [7, 11) is 3.46. The van der Waals surface area contributed by atoms with Crippen molar-refractivity contribution in [1.29, 1.82) is 0 Å². The zero-order valence-electron chi connectivity index (χ0n) is 17.7. The molecule has 0 aliphatic heterocycles. The van der Waals surface area contributed by atoms with Crippen molar-refractivity contribution in [3.8, 4) is 0 Å². The molecule has 0 spiro atoms. The molecule has 1 aromatic carbocycles. The van der Waals surface area contributed by atoms with Gasteiger partial charge < -0.3 is 24.4 Å². The van der Waals surface area contributed by atoms with Crippen LogP contribution in [0.15, 0.2) is 55.3 Å². The topological polar surface area (TPSA) is 110 Å². The van der Waals surface area contributed by atoms with E-state index in [0.717, 1.165) is 5.69 Å². The van der Waals surface area contributed by atoms with Crippen LogP contribution in [0, 0.1) is 10.1 Å². The first kappa shape index (κ1) is 23.6. The van der Waals surface area contributed by atoms with Crippen LogP contribution in [0.5, 0.6) is 0 Å². The summed E-state index contributed by atoms with van der Waals surface area (Å²) in [5.74, 6) is -0.237. The second-order valence-electron chi connectivity index (χ2n) is 6.82. The lowest BCUT2D eigenvalue weighted by Crippen LogP contribution is -2.45. The molecule has 1 N–H and O–H groups in total. The summed E-state index contributed by atoms with van der Waals surface area (Å²) in [5, 5.41) is 13.4. The first-order valence-corrected chi connectivity index (χ1v) is 9.64. The predicted molar refractivity (Wildman–Crippen MR) is 117 cm³/mol. The van der Waals surface area contributed by atoms with Crippen LogP contribution in [-0.2, 0) is 23.1 Å². The smallest absolute Gasteiger partial charge is 0.322 e. The van der Waals surface area contributed by atoms with E-state index in [1.54, 1.807) is 12.0 Å². The molecular weight excluding hydrogens is 402 g/mol. The van der Waals surface area contributed by atoms with Crippen LogP contribution < -0.4 is 5.32 Å². The average Bonchev–Trinajstić information content (AvgIpc) is 3.15. The lowest BCUT2D eigenvalue weighted by Gasteiger charge is -2.27. The minimum Gasteiger partial charge on any atom is -0.383 e. The third-order valence-corrected chi connectivity index (χ3v) is 4.61. The number of amides is 3. The number of anilines is 1. The van der Waals surface area contributed by atoms with Gasteiger partial charge in [-0.1, -0.05) is 6.08 Å². The number of nitrogens with zero attached hydrogens (tertiary/aromatic N) is 4. The molecular formula is C21H27N5O5. The Bertz CT molecular complexity index is 909. The van der Waals surface area contributed by atoms with E-state index < -0.39 is 11.0 Å². The van der Waals surface area contributed by atoms with Crippen molar-refractivity contribution < 1.29 is 19.2 Å². The number of aryl methyl sites for hydroxylation is 1. The van der Waals surface area contributed by atoms with E-state index in [2.05, 4.69) is 11.9 Å². The number of carbonyl (C=O) groups is 2. The minimum absolute atomic E-state index is 0.0782. The Morgan fingerprint density at radius 2 is 1.97 bits per heavy atom. The SMILES string of the molecule is C=CCN(CC(=O)N(CCOC)Cc1cccn1C)C(=O)Nc1ccc([N+](=O)[O-])cc1. The number of nitro groups is 1. The number of aromatic nitrogens is 1. The molecule has 31 heavy (non-hydrogen) atoms. The van der Waals surface area contributed by atoms with Crippen molar-refractivity contribution in [2.75, 3.05) is 38.7 Å². The van der Waals surface area contributed by atoms with E-state index in [4.69, 9.17) is 4.74 Å². The maximum absolute atomic E-state index is 13.0. The van der Waals surface area contributed by atoms with E-state index in [1.807, 2.05) is 29.9 Å². The molecule has 0 bridgehead atoms. The maximum atomic E-state index is 13.0. The van der Waals surface area contributed by atoms with Gasteiger partial charge >= 0.3 is 6.03 Å². The fraction of sp³-hybridized carbons (Fsp3) is 0.333. The van der Waals surface area contributed by atoms with Gasteiger partial charge in [0.15, 0.2) is 0 Å². The van der Waals surface area contributed by atoms with Crippen molar-refractivity contribution in [2.45, 2.75) is 6.54 Å². The molecule has 0 aliphatic carbocycles. The van der Waals surface area contributed by atoms with E-state index in [0.29, 0.717) is 25.4 Å². The van der Waals surface area contributed by atoms with E-state index in [-0.39, 0.29) is 24.7 Å². The molecule has 10 heteroatoms. The molecule has 1 heterocycles. The van der Waals surface area contributed by atoms with Gasteiger partial charge in [-0.25, -0.2) is 4.79 Å². The van der Waals surface area contributed by atoms with Crippen molar-refractivity contribution in [3.63, 3.8) is 0 Å². The van der Waals surface area contributed by atoms with Gasteiger partial charge in [-0.2, -0.15) is 0 Å². The Morgan fingerprint density at radius 1 is 1.26 bits per heavy atom. The third kappa shape index (κ3) is 6.96. The molecule has 0 saturated carbocycles. The number of nitrogens with one attached hydrogen (secondary N) is 1. The van der Waals surface area contributed by atoms with Crippen LogP contribution in [0.4, 0.5) is 16.2 Å². The zero-order valence-corrected chi connectivity index (χ0v) is 17.7. The highest BCUT2D eigenvalue weighted by Gasteiger charge is 2.21. The average molecular weight is 429 g/mol. The van der Waals surface area contributed by atoms with Crippen LogP contribution in [-0.4, -0.2) is 64.6 Å². The highest BCUT2D eigenvalue weighted by molar-refractivity contribution is 5.92. The van der Waals surface area contributed by atoms with Crippen LogP contribution in [0.1, 0.15) is 5.69 Å². The molecule has 0 radical (unpaired) electrons. The molecule has 10 nitrogen and oxygen atoms in total. The second-order valence-corrected chi connectivity index (χ2v) is 6.82. The predicted octanol–water partition coefficient (Wildman–Crippen LogP) is 2.63. The summed E-state index contributed by atoms with van der Waals surface area (Å²) in [4.78, 5) is 38.9. The first-order valence-electron chi connectivity index (χ1n) is 9.64. The Balaban J connectivity index is 2.07. The number of hydrogen-bond acceptors (Lipinski definition) is 5. The molecule has 2 rings (SSSR count). The molecule has 1 aromatic heterocycles. The van der Waals surface area contributed by atoms with Crippen LogP contribution in [0.2, 0.25) is 0 Å². The lowest BCUT2D eigenvalue weighted by atomic mass is 10.3. The van der Waals surface area contributed by atoms with E-state index in [9.17, 15) is 19.7 Å². The summed E-state index contributed by atoms with van der Waals surface area (Å²) in [6.07, 6.45) is 3.43. The zero-order chi connectivity index (χ0) is 22.8. The Morgan fingerprint density at radius 3 is 2.52 bits per heavy atom. The molecule has 0 aliphatic rings. The van der Waals surface area contributed by atoms with Gasteiger partial charge in [0.2, 0.25) is 5.91 Å². The summed E-state index contributed by atoms with van der Waals surface area (Å²) >= 11 is 0. The Kier molecular flexibility index (Phi) is 8.77. The number of non-ortho nitro benzene ring substituents is 1. The van der Waals surface area contributed by atoms with Gasteiger partial charge in [-0.15, -0.1) is 6.58 Å². The molecule has 3 amide bonds. The molecule has 0 fully saturated rings. The molecule has 0 saturated heterocycles. The van der Waals surface area contributed by atoms with Crippen LogP contribution >= 0.6 is 0 Å². The Labute approximate surface area is 180 Å². The molecule has 0 atom stereocenters. The largest absolute Gasteiger partial charge is 0.383 e. The highest BCUT2D eigenvalue weighted by Crippen LogP contribution is 2.16. The number of carbonyl (C=O) groups excluding carboxylic acids is 2. The first-order chi connectivity index (χ1) is 14.8. The fourth-order valence-electron chi connectivity index (χ4n) is 2.86. The van der Waals surface area contributed by atoms with Gasteiger partial charge in [0, 0.05) is 57.0 Å². The number of ether oxygens (including phenoxy) is 1. The van der Waals surface area contributed by atoms with Gasteiger partial charge in [0.05, 0.1) is 18.1 Å². The minimum atomic E-state index is -0.518. The third-order valence-electron chi connectivity index (χ3n) is 4.61. The number of nitro benzene ring substituents is 1. The summed E-state index contributed by atoms with van der Waals surface area (Å²) < 4.78 is 7.05. The van der Waals surface area contributed by atoms with Gasteiger partial charge in [0.25, 0.3) is 5.69 Å². The summed E-state index contributed by atoms with van der Waals surface area (Å²) in [6.45, 7) is 4.79. The van der Waals surface area contributed by atoms with Gasteiger partial charge in [0.1, 0.15) is 6.54 Å². The van der Waals surface area contributed by atoms with Crippen LogP contribution in [0.3, 0.4) is 0 Å². The van der Waals surface area contributed by atoms with Crippen molar-refractivity contribution in [2.24, 2.45) is 7.05 Å². The Hall–Kier alpha value is -3.66. The summed E-state index contributed by atoms with van der Waals surface area (Å²) in [6, 6.07) is 8.78. The molecule has 2 aromatic rings. The summed E-state index contributed by atoms with van der Waals surface area (Å²) in [5.41, 5.74) is 1.26. The van der Waals surface area contributed by atoms with Crippen LogP contribution in [0.25, 0.3) is 0 Å². The fourth-order valence-corrected chi connectivity index (χ4v) is 2.86. The number of methoxy groups -OCH3 is 1. The number of benzene rings is 1.